The van der Waals surface area contributed by atoms with E-state index in [9.17, 15) is 4.79 Å². The molecule has 2 rings (SSSR count). The number of hydrogen-bond acceptors (Lipinski definition) is 2. The van der Waals surface area contributed by atoms with Gasteiger partial charge < -0.3 is 9.84 Å². The standard InChI is InChI=1S/C15H14O3/c1-10-8-13(15(16)17)14(18-2)9-12(10)11-6-4-3-5-7-11/h3-9H,1-2H3,(H,16,17). The van der Waals surface area contributed by atoms with Gasteiger partial charge in [0.15, 0.2) is 0 Å². The van der Waals surface area contributed by atoms with Crippen molar-refractivity contribution in [1.82, 2.24) is 0 Å². The molecule has 3 nitrogen and oxygen atoms in total. The predicted octanol–water partition coefficient (Wildman–Crippen LogP) is 3.37. The molecule has 0 aliphatic carbocycles. The lowest BCUT2D eigenvalue weighted by Crippen LogP contribution is -2.02. The Morgan fingerprint density at radius 2 is 1.83 bits per heavy atom. The molecule has 2 aromatic carbocycles. The second kappa shape index (κ2) is 4.92. The van der Waals surface area contributed by atoms with Gasteiger partial charge in [-0.1, -0.05) is 30.3 Å². The lowest BCUT2D eigenvalue weighted by atomic mass is 9.97. The molecule has 0 aromatic heterocycles. The Morgan fingerprint density at radius 3 is 2.39 bits per heavy atom. The summed E-state index contributed by atoms with van der Waals surface area (Å²) in [5, 5.41) is 9.10. The molecule has 1 N–H and O–H groups in total. The third-order valence-electron chi connectivity index (χ3n) is 2.86. The number of rotatable bonds is 3. The Balaban J connectivity index is 2.61. The van der Waals surface area contributed by atoms with E-state index in [1.807, 2.05) is 37.3 Å². The number of aromatic carboxylic acids is 1. The van der Waals surface area contributed by atoms with E-state index in [1.54, 1.807) is 12.1 Å². The van der Waals surface area contributed by atoms with E-state index in [4.69, 9.17) is 9.84 Å². The molecule has 0 bridgehead atoms. The van der Waals surface area contributed by atoms with E-state index in [0.29, 0.717) is 5.75 Å². The van der Waals surface area contributed by atoms with Crippen LogP contribution in [0.25, 0.3) is 11.1 Å². The van der Waals surface area contributed by atoms with Gasteiger partial charge in [-0.2, -0.15) is 0 Å². The highest BCUT2D eigenvalue weighted by atomic mass is 16.5. The Labute approximate surface area is 106 Å². The monoisotopic (exact) mass is 242 g/mol. The van der Waals surface area contributed by atoms with Gasteiger partial charge in [0, 0.05) is 0 Å². The van der Waals surface area contributed by atoms with E-state index in [1.165, 1.54) is 7.11 Å². The second-order valence-corrected chi connectivity index (χ2v) is 4.04. The molecule has 0 spiro atoms. The number of carbonyl (C=O) groups is 1. The zero-order valence-electron chi connectivity index (χ0n) is 10.3. The fourth-order valence-electron chi connectivity index (χ4n) is 1.95. The minimum atomic E-state index is -0.977. The minimum Gasteiger partial charge on any atom is -0.496 e. The van der Waals surface area contributed by atoms with Gasteiger partial charge in [0.1, 0.15) is 11.3 Å². The van der Waals surface area contributed by atoms with Gasteiger partial charge in [-0.25, -0.2) is 4.79 Å². The summed E-state index contributed by atoms with van der Waals surface area (Å²) in [4.78, 5) is 11.1. The molecule has 0 saturated heterocycles. The van der Waals surface area contributed by atoms with Crippen molar-refractivity contribution in [2.75, 3.05) is 7.11 Å². The molecule has 0 unspecified atom stereocenters. The molecule has 0 aliphatic heterocycles. The van der Waals surface area contributed by atoms with Crippen LogP contribution in [0.15, 0.2) is 42.5 Å². The zero-order valence-corrected chi connectivity index (χ0v) is 10.3. The van der Waals surface area contributed by atoms with Crippen LogP contribution in [0.4, 0.5) is 0 Å². The van der Waals surface area contributed by atoms with Crippen molar-refractivity contribution in [3.63, 3.8) is 0 Å². The summed E-state index contributed by atoms with van der Waals surface area (Å²) in [6.45, 7) is 1.90. The van der Waals surface area contributed by atoms with Crippen LogP contribution in [-0.4, -0.2) is 18.2 Å². The first-order chi connectivity index (χ1) is 8.63. The average molecular weight is 242 g/mol. The highest BCUT2D eigenvalue weighted by Crippen LogP contribution is 2.30. The van der Waals surface area contributed by atoms with E-state index in [2.05, 4.69) is 0 Å². The van der Waals surface area contributed by atoms with E-state index < -0.39 is 5.97 Å². The smallest absolute Gasteiger partial charge is 0.339 e. The van der Waals surface area contributed by atoms with Gasteiger partial charge in [-0.15, -0.1) is 0 Å². The molecule has 3 heteroatoms. The van der Waals surface area contributed by atoms with Gasteiger partial charge in [-0.3, -0.25) is 0 Å². The Morgan fingerprint density at radius 1 is 1.17 bits per heavy atom. The molecule has 0 amide bonds. The maximum Gasteiger partial charge on any atom is 0.339 e. The highest BCUT2D eigenvalue weighted by molar-refractivity contribution is 5.92. The van der Waals surface area contributed by atoms with Crippen LogP contribution in [-0.2, 0) is 0 Å². The fraction of sp³-hybridized carbons (Fsp3) is 0.133. The van der Waals surface area contributed by atoms with Crippen molar-refractivity contribution in [1.29, 1.82) is 0 Å². The Hall–Kier alpha value is -2.29. The number of carboxylic acid groups (broad SMARTS) is 1. The highest BCUT2D eigenvalue weighted by Gasteiger charge is 2.14. The van der Waals surface area contributed by atoms with Gasteiger partial charge >= 0.3 is 5.97 Å². The SMILES string of the molecule is COc1cc(-c2ccccc2)c(C)cc1C(=O)O. The first-order valence-corrected chi connectivity index (χ1v) is 5.61. The maximum atomic E-state index is 11.1. The van der Waals surface area contributed by atoms with Crippen LogP contribution in [0.1, 0.15) is 15.9 Å². The van der Waals surface area contributed by atoms with Crippen molar-refractivity contribution < 1.29 is 14.6 Å². The minimum absolute atomic E-state index is 0.190. The van der Waals surface area contributed by atoms with Crippen molar-refractivity contribution >= 4 is 5.97 Å². The van der Waals surface area contributed by atoms with Crippen LogP contribution in [0.3, 0.4) is 0 Å². The molecule has 0 atom stereocenters. The van der Waals surface area contributed by atoms with Crippen molar-refractivity contribution in [2.45, 2.75) is 6.92 Å². The summed E-state index contributed by atoms with van der Waals surface area (Å²) in [6.07, 6.45) is 0. The zero-order chi connectivity index (χ0) is 13.1. The third kappa shape index (κ3) is 2.20. The molecular weight excluding hydrogens is 228 g/mol. The van der Waals surface area contributed by atoms with Gasteiger partial charge in [-0.05, 0) is 35.7 Å². The summed E-state index contributed by atoms with van der Waals surface area (Å²) < 4.78 is 5.14. The number of benzene rings is 2. The molecule has 0 heterocycles. The summed E-state index contributed by atoms with van der Waals surface area (Å²) in [5.74, 6) is -0.596. The van der Waals surface area contributed by atoms with Gasteiger partial charge in [0.25, 0.3) is 0 Å². The molecule has 0 saturated carbocycles. The van der Waals surface area contributed by atoms with Crippen LogP contribution in [0.2, 0.25) is 0 Å². The topological polar surface area (TPSA) is 46.5 Å². The fourth-order valence-corrected chi connectivity index (χ4v) is 1.95. The number of ether oxygens (including phenoxy) is 1. The number of methoxy groups -OCH3 is 1. The number of aryl methyl sites for hydroxylation is 1. The van der Waals surface area contributed by atoms with E-state index in [-0.39, 0.29) is 5.56 Å². The van der Waals surface area contributed by atoms with Crippen LogP contribution < -0.4 is 4.74 Å². The second-order valence-electron chi connectivity index (χ2n) is 4.04. The Bertz CT molecular complexity index is 574. The first-order valence-electron chi connectivity index (χ1n) is 5.61. The number of carboxylic acids is 1. The molecule has 0 fully saturated rings. The average Bonchev–Trinajstić information content (AvgIpc) is 2.39. The summed E-state index contributed by atoms with van der Waals surface area (Å²) in [7, 11) is 1.48. The van der Waals surface area contributed by atoms with Crippen LogP contribution >= 0.6 is 0 Å². The van der Waals surface area contributed by atoms with Crippen LogP contribution in [0.5, 0.6) is 5.75 Å². The lowest BCUT2D eigenvalue weighted by molar-refractivity contribution is 0.0693. The van der Waals surface area contributed by atoms with E-state index in [0.717, 1.165) is 16.7 Å². The molecule has 2 aromatic rings. The first kappa shape index (κ1) is 12.2. The number of hydrogen-bond donors (Lipinski definition) is 1. The van der Waals surface area contributed by atoms with Gasteiger partial charge in [0.2, 0.25) is 0 Å². The third-order valence-corrected chi connectivity index (χ3v) is 2.86. The summed E-state index contributed by atoms with van der Waals surface area (Å²) in [6, 6.07) is 13.2. The normalized spacial score (nSPS) is 10.1. The van der Waals surface area contributed by atoms with E-state index >= 15 is 0 Å². The largest absolute Gasteiger partial charge is 0.496 e. The van der Waals surface area contributed by atoms with Crippen LogP contribution in [0, 0.1) is 6.92 Å². The molecule has 0 radical (unpaired) electrons. The molecular formula is C15H14O3. The van der Waals surface area contributed by atoms with Crippen molar-refractivity contribution in [3.8, 4) is 16.9 Å². The summed E-state index contributed by atoms with van der Waals surface area (Å²) in [5.41, 5.74) is 3.14. The molecule has 92 valence electrons. The maximum absolute atomic E-state index is 11.1. The Kier molecular flexibility index (Phi) is 3.33. The van der Waals surface area contributed by atoms with Crippen molar-refractivity contribution in [2.24, 2.45) is 0 Å². The molecule has 18 heavy (non-hydrogen) atoms. The predicted molar refractivity (Wildman–Crippen MR) is 70.1 cm³/mol. The molecule has 0 aliphatic rings. The lowest BCUT2D eigenvalue weighted by Gasteiger charge is -2.11. The van der Waals surface area contributed by atoms with Gasteiger partial charge in [0.05, 0.1) is 7.11 Å². The quantitative estimate of drug-likeness (QED) is 0.897. The van der Waals surface area contributed by atoms with Crippen molar-refractivity contribution in [3.05, 3.63) is 53.6 Å². The summed E-state index contributed by atoms with van der Waals surface area (Å²) >= 11 is 0.